The molecule has 6 heteroatoms. The number of nitrogens with one attached hydrogen (secondary N) is 1. The third-order valence-corrected chi connectivity index (χ3v) is 4.64. The van der Waals surface area contributed by atoms with Crippen molar-refractivity contribution in [2.75, 3.05) is 19.0 Å². The van der Waals surface area contributed by atoms with E-state index in [-0.39, 0.29) is 18.0 Å². The van der Waals surface area contributed by atoms with Crippen LogP contribution in [0.2, 0.25) is 0 Å². The number of ketones is 1. The van der Waals surface area contributed by atoms with Crippen LogP contribution in [0.3, 0.4) is 0 Å². The first kappa shape index (κ1) is 22.3. The molecule has 0 amide bonds. The summed E-state index contributed by atoms with van der Waals surface area (Å²) in [7, 11) is 1.49. The molecule has 2 N–H and O–H groups in total. The van der Waals surface area contributed by atoms with Gasteiger partial charge in [-0.2, -0.15) is 0 Å². The number of benzene rings is 2. The van der Waals surface area contributed by atoms with E-state index in [0.717, 1.165) is 30.6 Å². The third kappa shape index (κ3) is 6.52. The molecule has 0 saturated heterocycles. The molecule has 2 aromatic carbocycles. The number of unbranched alkanes of at least 4 members (excludes halogenated alkanes) is 3. The van der Waals surface area contributed by atoms with Gasteiger partial charge in [0.2, 0.25) is 0 Å². The quantitative estimate of drug-likeness (QED) is 0.378. The fraction of sp³-hybridized carbons (Fsp3) is 0.391. The first-order valence-corrected chi connectivity index (χ1v) is 9.88. The van der Waals surface area contributed by atoms with Crippen LogP contribution in [0.1, 0.15) is 65.8 Å². The van der Waals surface area contributed by atoms with Gasteiger partial charge in [0.25, 0.3) is 0 Å². The van der Waals surface area contributed by atoms with E-state index < -0.39 is 5.97 Å². The van der Waals surface area contributed by atoms with Crippen LogP contribution in [0.15, 0.2) is 36.4 Å². The summed E-state index contributed by atoms with van der Waals surface area (Å²) in [6.07, 6.45) is 4.58. The molecule has 0 unspecified atom stereocenters. The Bertz CT molecular complexity index is 847. The van der Waals surface area contributed by atoms with Crippen molar-refractivity contribution in [2.45, 2.75) is 46.1 Å². The Morgan fingerprint density at radius 3 is 2.52 bits per heavy atom. The monoisotopic (exact) mass is 399 g/mol. The van der Waals surface area contributed by atoms with Crippen LogP contribution in [0.25, 0.3) is 0 Å². The van der Waals surface area contributed by atoms with Crippen molar-refractivity contribution in [3.05, 3.63) is 53.1 Å². The fourth-order valence-corrected chi connectivity index (χ4v) is 3.00. The number of carboxylic acids is 1. The minimum atomic E-state index is -1.01. The van der Waals surface area contributed by atoms with Crippen LogP contribution < -0.4 is 14.8 Å². The number of rotatable bonds is 12. The van der Waals surface area contributed by atoms with Gasteiger partial charge in [-0.1, -0.05) is 32.3 Å². The summed E-state index contributed by atoms with van der Waals surface area (Å²) in [5.74, 6) is 0.0683. The second kappa shape index (κ2) is 11.1. The summed E-state index contributed by atoms with van der Waals surface area (Å²) >= 11 is 0. The van der Waals surface area contributed by atoms with E-state index in [4.69, 9.17) is 14.6 Å². The zero-order valence-electron chi connectivity index (χ0n) is 17.3. The Labute approximate surface area is 171 Å². The Morgan fingerprint density at radius 2 is 1.86 bits per heavy atom. The Morgan fingerprint density at radius 1 is 1.07 bits per heavy atom. The summed E-state index contributed by atoms with van der Waals surface area (Å²) < 4.78 is 11.2. The fourth-order valence-electron chi connectivity index (χ4n) is 3.00. The lowest BCUT2D eigenvalue weighted by Crippen LogP contribution is -2.07. The van der Waals surface area contributed by atoms with Gasteiger partial charge >= 0.3 is 5.97 Å². The molecule has 0 atom stereocenters. The number of anilines is 1. The highest BCUT2D eigenvalue weighted by Crippen LogP contribution is 2.26. The number of aromatic carboxylic acids is 1. The van der Waals surface area contributed by atoms with Gasteiger partial charge in [0, 0.05) is 29.4 Å². The van der Waals surface area contributed by atoms with E-state index in [0.29, 0.717) is 17.1 Å². The van der Waals surface area contributed by atoms with Crippen molar-refractivity contribution in [2.24, 2.45) is 0 Å². The second-order valence-corrected chi connectivity index (χ2v) is 6.87. The summed E-state index contributed by atoms with van der Waals surface area (Å²) in [6, 6.07) is 10.0. The van der Waals surface area contributed by atoms with E-state index in [1.54, 1.807) is 25.1 Å². The van der Waals surface area contributed by atoms with E-state index in [1.807, 2.05) is 6.07 Å². The van der Waals surface area contributed by atoms with Crippen LogP contribution in [0.5, 0.6) is 11.5 Å². The molecular formula is C23H29NO5. The van der Waals surface area contributed by atoms with Gasteiger partial charge in [-0.3, -0.25) is 4.79 Å². The molecule has 0 aliphatic rings. The second-order valence-electron chi connectivity index (χ2n) is 6.87. The van der Waals surface area contributed by atoms with Crippen molar-refractivity contribution in [3.63, 3.8) is 0 Å². The summed E-state index contributed by atoms with van der Waals surface area (Å²) in [5.41, 5.74) is 2.30. The molecule has 2 rings (SSSR count). The maximum Gasteiger partial charge on any atom is 0.335 e. The number of carboxylic acid groups (broad SMARTS) is 1. The van der Waals surface area contributed by atoms with Gasteiger partial charge in [0.1, 0.15) is 18.1 Å². The smallest absolute Gasteiger partial charge is 0.335 e. The first-order valence-electron chi connectivity index (χ1n) is 9.88. The third-order valence-electron chi connectivity index (χ3n) is 4.64. The number of hydrogen-bond acceptors (Lipinski definition) is 5. The molecular weight excluding hydrogens is 370 g/mol. The lowest BCUT2D eigenvalue weighted by atomic mass is 10.1. The highest BCUT2D eigenvalue weighted by Gasteiger charge is 2.12. The average Bonchev–Trinajstić information content (AvgIpc) is 2.71. The van der Waals surface area contributed by atoms with Crippen molar-refractivity contribution >= 4 is 17.4 Å². The Balaban J connectivity index is 2.09. The molecule has 0 radical (unpaired) electrons. The maximum atomic E-state index is 11.9. The van der Waals surface area contributed by atoms with E-state index in [9.17, 15) is 9.59 Å². The molecule has 6 nitrogen and oxygen atoms in total. The number of methoxy groups -OCH3 is 1. The molecule has 0 spiro atoms. The SMILES string of the molecule is CCCCCCNc1cc(OCc2ccc(C(=O)O)cc2OC)ccc1C(C)=O. The summed E-state index contributed by atoms with van der Waals surface area (Å²) in [6.45, 7) is 4.74. The van der Waals surface area contributed by atoms with Crippen molar-refractivity contribution < 1.29 is 24.2 Å². The van der Waals surface area contributed by atoms with E-state index in [1.165, 1.54) is 32.1 Å². The number of Topliss-reactive ketones (excluding diaryl/α,β-unsaturated/α-hetero) is 1. The van der Waals surface area contributed by atoms with Crippen LogP contribution in [-0.2, 0) is 6.61 Å². The maximum absolute atomic E-state index is 11.9. The molecule has 2 aromatic rings. The predicted octanol–water partition coefficient (Wildman–Crippen LogP) is 5.17. The normalized spacial score (nSPS) is 10.4. The summed E-state index contributed by atoms with van der Waals surface area (Å²) in [5, 5.41) is 12.4. The highest BCUT2D eigenvalue weighted by molar-refractivity contribution is 5.99. The van der Waals surface area contributed by atoms with Crippen molar-refractivity contribution in [1.29, 1.82) is 0 Å². The molecule has 0 aliphatic heterocycles. The van der Waals surface area contributed by atoms with Gasteiger partial charge in [-0.05, 0) is 37.6 Å². The largest absolute Gasteiger partial charge is 0.496 e. The van der Waals surface area contributed by atoms with Crippen molar-refractivity contribution in [3.8, 4) is 11.5 Å². The van der Waals surface area contributed by atoms with Gasteiger partial charge < -0.3 is 19.9 Å². The average molecular weight is 399 g/mol. The minimum absolute atomic E-state index is 0.00135. The standard InChI is InChI=1S/C23H29NO5/c1-4-5-6-7-12-24-21-14-19(10-11-20(21)16(2)25)29-15-18-9-8-17(23(26)27)13-22(18)28-3/h8-11,13-14,24H,4-7,12,15H2,1-3H3,(H,26,27). The number of carbonyl (C=O) groups excluding carboxylic acids is 1. The molecule has 0 fully saturated rings. The zero-order chi connectivity index (χ0) is 21.2. The molecule has 29 heavy (non-hydrogen) atoms. The first-order chi connectivity index (χ1) is 14.0. The number of ether oxygens (including phenoxy) is 2. The number of carbonyl (C=O) groups is 2. The Kier molecular flexibility index (Phi) is 8.52. The van der Waals surface area contributed by atoms with E-state index >= 15 is 0 Å². The van der Waals surface area contributed by atoms with Gasteiger partial charge in [-0.25, -0.2) is 4.79 Å². The molecule has 0 heterocycles. The molecule has 0 aromatic heterocycles. The number of hydrogen-bond donors (Lipinski definition) is 2. The summed E-state index contributed by atoms with van der Waals surface area (Å²) in [4.78, 5) is 23.0. The zero-order valence-corrected chi connectivity index (χ0v) is 17.3. The Hall–Kier alpha value is -3.02. The topological polar surface area (TPSA) is 84.9 Å². The molecule has 0 saturated carbocycles. The molecule has 0 bridgehead atoms. The molecule has 0 aliphatic carbocycles. The van der Waals surface area contributed by atoms with Gasteiger partial charge in [0.15, 0.2) is 5.78 Å². The molecule has 156 valence electrons. The highest BCUT2D eigenvalue weighted by atomic mass is 16.5. The predicted molar refractivity (Wildman–Crippen MR) is 113 cm³/mol. The van der Waals surface area contributed by atoms with Gasteiger partial charge in [0.05, 0.1) is 12.7 Å². The van der Waals surface area contributed by atoms with Crippen LogP contribution >= 0.6 is 0 Å². The van der Waals surface area contributed by atoms with Crippen LogP contribution in [0.4, 0.5) is 5.69 Å². The lowest BCUT2D eigenvalue weighted by molar-refractivity contribution is 0.0696. The van der Waals surface area contributed by atoms with E-state index in [2.05, 4.69) is 12.2 Å². The van der Waals surface area contributed by atoms with Crippen LogP contribution in [0, 0.1) is 0 Å². The van der Waals surface area contributed by atoms with Crippen LogP contribution in [-0.4, -0.2) is 30.5 Å². The lowest BCUT2D eigenvalue weighted by Gasteiger charge is -2.14. The van der Waals surface area contributed by atoms with Gasteiger partial charge in [-0.15, -0.1) is 0 Å². The minimum Gasteiger partial charge on any atom is -0.496 e. The van der Waals surface area contributed by atoms with Crippen molar-refractivity contribution in [1.82, 2.24) is 0 Å².